The number of benzene rings is 4. The fraction of sp³-hybridized carbons (Fsp3) is 0.354. The number of aliphatic hydroxyl groups excluding tert-OH is 8. The minimum absolute atomic E-state index is 0.272. The van der Waals surface area contributed by atoms with Crippen LogP contribution in [0, 0.1) is 39.3 Å². The molecule has 16 atom stereocenters. The average Bonchev–Trinajstić information content (AvgIpc) is 1.65. The van der Waals surface area contributed by atoms with Gasteiger partial charge in [0.25, 0.3) is 0 Å². The van der Waals surface area contributed by atoms with E-state index in [2.05, 4.69) is 58.2 Å². The molecule has 9 N–H and O–H groups in total. The fourth-order valence-electron chi connectivity index (χ4n) is 16.1. The van der Waals surface area contributed by atoms with Crippen molar-refractivity contribution in [3.05, 3.63) is 234 Å². The number of aromatic nitrogens is 11. The molecule has 4 aliphatic carbocycles. The van der Waals surface area contributed by atoms with Crippen molar-refractivity contribution in [2.45, 2.75) is 170 Å². The molecule has 4 fully saturated rings. The molecule has 5 aliphatic rings. The molecule has 0 spiro atoms. The molecular formula is C82H87F2N13O12. The van der Waals surface area contributed by atoms with Crippen LogP contribution in [0.25, 0.3) is 54.9 Å². The molecule has 27 heteroatoms. The second-order valence-electron chi connectivity index (χ2n) is 28.9. The van der Waals surface area contributed by atoms with E-state index >= 15 is 0 Å². The zero-order valence-electron chi connectivity index (χ0n) is 60.8. The zero-order chi connectivity index (χ0) is 76.1. The molecule has 0 unspecified atom stereocenters. The van der Waals surface area contributed by atoms with Crippen molar-refractivity contribution in [1.82, 2.24) is 63.4 Å². The molecule has 0 saturated heterocycles. The molecule has 10 heterocycles. The first kappa shape index (κ1) is 74.1. The van der Waals surface area contributed by atoms with Crippen molar-refractivity contribution in [3.63, 3.8) is 0 Å². The molecular weight excluding hydrogens is 1400 g/mol. The third-order valence-corrected chi connectivity index (χ3v) is 22.0. The SMILES string of the molecule is CNCc1cc(F)ccc1O[C@H]1C[C@@H](n2ccc3c(C)ncnc32)[C@H](O)[C@@H]1O.Cc1ccnc2c1ccn2[C@@H]1C[C@H](Oc2cccc3c2CN(C)C3)[C@@H](O)[C@H]1O.Cc1ccnc2c1ccn2[C@@H]1C[C@H](Oc2cccc3ccncc23)[C@@H](O)[C@H]1O.Cc1ncnc2c1ccn2[C@@H]1C[C@H](Oc2ccc(F)cc2)[C@@H](O)[C@H]1O. The summed E-state index contributed by atoms with van der Waals surface area (Å²) in [7, 11) is 3.85. The Balaban J connectivity index is 0.000000116. The Morgan fingerprint density at radius 3 is 1.39 bits per heavy atom. The summed E-state index contributed by atoms with van der Waals surface area (Å²) in [5.41, 5.74) is 10.2. The van der Waals surface area contributed by atoms with E-state index in [1.807, 2.05) is 144 Å². The summed E-state index contributed by atoms with van der Waals surface area (Å²) in [6.45, 7) is 10.1. The molecule has 4 aromatic carbocycles. The number of aryl methyl sites for hydroxylation is 4. The Morgan fingerprint density at radius 2 is 0.881 bits per heavy atom. The highest BCUT2D eigenvalue weighted by Crippen LogP contribution is 2.43. The summed E-state index contributed by atoms with van der Waals surface area (Å²) in [4.78, 5) is 32.4. The first-order valence-electron chi connectivity index (χ1n) is 36.5. The number of ether oxygens (including phenoxy) is 4. The van der Waals surface area contributed by atoms with Crippen LogP contribution in [-0.2, 0) is 19.6 Å². The minimum atomic E-state index is -1.07. The predicted molar refractivity (Wildman–Crippen MR) is 403 cm³/mol. The number of halogens is 2. The molecule has 0 bridgehead atoms. The van der Waals surface area contributed by atoms with Crippen molar-refractivity contribution in [2.75, 3.05) is 14.1 Å². The van der Waals surface area contributed by atoms with E-state index in [9.17, 15) is 49.6 Å². The molecule has 9 aromatic heterocycles. The van der Waals surface area contributed by atoms with E-state index in [0.717, 1.165) is 85.0 Å². The monoisotopic (exact) mass is 1480 g/mol. The van der Waals surface area contributed by atoms with Gasteiger partial charge in [0.05, 0.1) is 35.6 Å². The van der Waals surface area contributed by atoms with Crippen LogP contribution in [0.5, 0.6) is 23.0 Å². The van der Waals surface area contributed by atoms with Gasteiger partial charge in [0.15, 0.2) is 0 Å². The maximum atomic E-state index is 13.6. The van der Waals surface area contributed by atoms with Crippen LogP contribution < -0.4 is 24.3 Å². The molecule has 4 saturated carbocycles. The molecule has 0 radical (unpaired) electrons. The van der Waals surface area contributed by atoms with E-state index in [1.54, 1.807) is 37.9 Å². The van der Waals surface area contributed by atoms with Crippen molar-refractivity contribution in [3.8, 4) is 23.0 Å². The van der Waals surface area contributed by atoms with E-state index < -0.39 is 73.2 Å². The summed E-state index contributed by atoms with van der Waals surface area (Å²) in [6.07, 6.45) is 9.32. The van der Waals surface area contributed by atoms with Gasteiger partial charge in [0, 0.05) is 133 Å². The Morgan fingerprint density at radius 1 is 0.431 bits per heavy atom. The van der Waals surface area contributed by atoms with Crippen molar-refractivity contribution < 1.29 is 68.6 Å². The maximum absolute atomic E-state index is 13.6. The second kappa shape index (κ2) is 31.3. The van der Waals surface area contributed by atoms with Gasteiger partial charge in [0.2, 0.25) is 0 Å². The number of pyridine rings is 3. The lowest BCUT2D eigenvalue weighted by Crippen LogP contribution is -2.34. The summed E-state index contributed by atoms with van der Waals surface area (Å²) >= 11 is 0. The van der Waals surface area contributed by atoms with E-state index in [4.69, 9.17) is 18.9 Å². The van der Waals surface area contributed by atoms with Crippen LogP contribution >= 0.6 is 0 Å². The van der Waals surface area contributed by atoms with Crippen LogP contribution in [0.3, 0.4) is 0 Å². The Labute approximate surface area is 625 Å². The molecule has 18 rings (SSSR count). The number of hydrogen-bond donors (Lipinski definition) is 9. The lowest BCUT2D eigenvalue weighted by molar-refractivity contribution is -0.0166. The third kappa shape index (κ3) is 14.7. The van der Waals surface area contributed by atoms with Gasteiger partial charge in [-0.2, -0.15) is 0 Å². The minimum Gasteiger partial charge on any atom is -0.488 e. The highest BCUT2D eigenvalue weighted by atomic mass is 19.1. The van der Waals surface area contributed by atoms with Crippen molar-refractivity contribution >= 4 is 54.9 Å². The molecule has 25 nitrogen and oxygen atoms in total. The Bertz CT molecular complexity index is 5390. The van der Waals surface area contributed by atoms with Crippen molar-refractivity contribution in [1.29, 1.82) is 0 Å². The van der Waals surface area contributed by atoms with Crippen LogP contribution in [0.1, 0.15) is 89.1 Å². The Kier molecular flexibility index (Phi) is 21.2. The number of aliphatic hydroxyl groups is 8. The highest BCUT2D eigenvalue weighted by molar-refractivity contribution is 5.87. The van der Waals surface area contributed by atoms with Gasteiger partial charge >= 0.3 is 0 Å². The van der Waals surface area contributed by atoms with E-state index in [0.29, 0.717) is 66.3 Å². The summed E-state index contributed by atoms with van der Waals surface area (Å²) in [5.74, 6) is 1.71. The van der Waals surface area contributed by atoms with Gasteiger partial charge in [0.1, 0.15) is 143 Å². The Hall–Kier alpha value is -10.4. The normalized spacial score (nSPS) is 25.8. The average molecular weight is 1480 g/mol. The summed E-state index contributed by atoms with van der Waals surface area (Å²) in [5, 5.41) is 93.8. The molecule has 566 valence electrons. The largest absolute Gasteiger partial charge is 0.488 e. The topological polar surface area (TPSA) is 324 Å². The maximum Gasteiger partial charge on any atom is 0.143 e. The van der Waals surface area contributed by atoms with E-state index in [1.165, 1.54) is 60.2 Å². The molecule has 0 amide bonds. The van der Waals surface area contributed by atoms with Crippen LogP contribution in [0.4, 0.5) is 8.78 Å². The van der Waals surface area contributed by atoms with E-state index in [-0.39, 0.29) is 35.8 Å². The number of nitrogens with one attached hydrogen (secondary N) is 1. The van der Waals surface area contributed by atoms with Gasteiger partial charge in [-0.15, -0.1) is 0 Å². The van der Waals surface area contributed by atoms with Crippen LogP contribution in [0.2, 0.25) is 0 Å². The van der Waals surface area contributed by atoms with Gasteiger partial charge in [-0.25, -0.2) is 38.7 Å². The second-order valence-corrected chi connectivity index (χ2v) is 28.9. The van der Waals surface area contributed by atoms with Gasteiger partial charge in [-0.1, -0.05) is 24.3 Å². The lowest BCUT2D eigenvalue weighted by atomic mass is 10.1. The first-order chi connectivity index (χ1) is 52.7. The number of hydrogen-bond acceptors (Lipinski definition) is 21. The van der Waals surface area contributed by atoms with Gasteiger partial charge in [-0.05, 0) is 161 Å². The predicted octanol–water partition coefficient (Wildman–Crippen LogP) is 9.12. The lowest BCUT2D eigenvalue weighted by Gasteiger charge is -2.20. The standard InChI is InChI=1S/C22H25N3O3.C22H21N3O3.C20H23FN4O3.C18H18FN3O3/c1-13-6-8-23-22-15(13)7-9-25(22)17-10-19(21(27)20(17)26)28-18-5-3-4-14-11-24(2)12-16(14)18;1-13-5-9-24-22-15(13)7-10-25(22)17-11-19(21(27)20(17)26)28-18-4-2-3-14-6-8-23-12-16(14)18;1-11-14-5-6-25(20(14)24-10-23-11)15-8-17(19(27)18(15)26)28-16-4-3-13(21)7-12(16)9-22-2;1-10-13-6-7-22(18(13)21-9-20-10)14-8-15(17(24)16(14)23)25-12-4-2-11(19)3-5-12/h3-9,17,19-21,26-27H,10-12H2,1-2H3;2-10,12,17,19-21,26-27H,11H2,1H3;3-7,10,15,17-19,22,26-27H,8-9H2,1-2H3;2-7,9,14-17,23-24H,8H2,1H3/t2*17-,19+,20+,21-;15-,17+,18+,19-;14-,15+,16+,17-/m1111/s1. The number of nitrogens with zero attached hydrogens (tertiary/aromatic N) is 12. The summed E-state index contributed by atoms with van der Waals surface area (Å²) in [6, 6.07) is 34.1. The van der Waals surface area contributed by atoms with Gasteiger partial charge in [-0.3, -0.25) is 9.88 Å². The fourth-order valence-corrected chi connectivity index (χ4v) is 16.1. The van der Waals surface area contributed by atoms with Crippen LogP contribution in [-0.4, -0.2) is 186 Å². The number of fused-ring (bicyclic) bond motifs is 6. The number of rotatable bonds is 14. The third-order valence-electron chi connectivity index (χ3n) is 22.0. The molecule has 109 heavy (non-hydrogen) atoms. The quantitative estimate of drug-likeness (QED) is 0.0490. The van der Waals surface area contributed by atoms with Crippen molar-refractivity contribution in [2.24, 2.45) is 0 Å². The summed E-state index contributed by atoms with van der Waals surface area (Å²) < 4.78 is 58.4. The molecule has 1 aliphatic heterocycles. The first-order valence-corrected chi connectivity index (χ1v) is 36.5. The van der Waals surface area contributed by atoms with Crippen LogP contribution in [0.15, 0.2) is 184 Å². The highest BCUT2D eigenvalue weighted by Gasteiger charge is 2.48. The molecule has 13 aromatic rings. The zero-order valence-corrected chi connectivity index (χ0v) is 60.8. The van der Waals surface area contributed by atoms with Gasteiger partial charge < -0.3 is 83.4 Å². The smallest absolute Gasteiger partial charge is 0.143 e.